The van der Waals surface area contributed by atoms with Crippen molar-refractivity contribution in [2.75, 3.05) is 5.73 Å². The van der Waals surface area contributed by atoms with Crippen molar-refractivity contribution in [3.63, 3.8) is 0 Å². The van der Waals surface area contributed by atoms with E-state index < -0.39 is 6.23 Å². The van der Waals surface area contributed by atoms with Gasteiger partial charge in [-0.15, -0.1) is 0 Å². The van der Waals surface area contributed by atoms with Crippen LogP contribution in [0.3, 0.4) is 0 Å². The lowest BCUT2D eigenvalue weighted by atomic mass is 10.2. The summed E-state index contributed by atoms with van der Waals surface area (Å²) in [6.45, 7) is 1.66. The molecule has 0 saturated heterocycles. The molecule has 3 N–H and O–H groups in total. The Morgan fingerprint density at radius 1 is 1.54 bits per heavy atom. The van der Waals surface area contributed by atoms with Gasteiger partial charge in [0.1, 0.15) is 6.23 Å². The minimum absolute atomic E-state index is 0.626. The fourth-order valence-corrected chi connectivity index (χ4v) is 1.35. The summed E-state index contributed by atoms with van der Waals surface area (Å²) in [6, 6.07) is 5.50. The Bertz CT molecular complexity index is 433. The van der Waals surface area contributed by atoms with E-state index in [0.717, 1.165) is 10.9 Å². The zero-order valence-electron chi connectivity index (χ0n) is 7.31. The third kappa shape index (κ3) is 1.25. The Labute approximate surface area is 75.6 Å². The second kappa shape index (κ2) is 2.74. The topological polar surface area (TPSA) is 64.1 Å². The molecule has 2 rings (SSSR count). The molecule has 0 spiro atoms. The van der Waals surface area contributed by atoms with E-state index in [2.05, 4.69) is 5.10 Å². The van der Waals surface area contributed by atoms with Crippen LogP contribution in [0.5, 0.6) is 0 Å². The molecule has 1 heterocycles. The highest BCUT2D eigenvalue weighted by molar-refractivity contribution is 5.81. The summed E-state index contributed by atoms with van der Waals surface area (Å²) >= 11 is 0. The molecule has 0 bridgehead atoms. The van der Waals surface area contributed by atoms with Crippen LogP contribution in [0.4, 0.5) is 5.69 Å². The van der Waals surface area contributed by atoms with E-state index in [-0.39, 0.29) is 0 Å². The van der Waals surface area contributed by atoms with Crippen molar-refractivity contribution in [2.45, 2.75) is 13.2 Å². The van der Waals surface area contributed by atoms with Gasteiger partial charge < -0.3 is 10.8 Å². The SMILES string of the molecule is CC(O)n1ncc2ccc(N)cc21. The van der Waals surface area contributed by atoms with Crippen LogP contribution in [0.1, 0.15) is 13.2 Å². The van der Waals surface area contributed by atoms with Gasteiger partial charge in [0.05, 0.1) is 11.7 Å². The first-order chi connectivity index (χ1) is 6.18. The zero-order chi connectivity index (χ0) is 9.42. The number of fused-ring (bicyclic) bond motifs is 1. The van der Waals surface area contributed by atoms with E-state index in [1.807, 2.05) is 12.1 Å². The maximum atomic E-state index is 9.36. The molecule has 0 aliphatic heterocycles. The van der Waals surface area contributed by atoms with Gasteiger partial charge in [0.15, 0.2) is 0 Å². The number of aliphatic hydroxyl groups is 1. The summed E-state index contributed by atoms with van der Waals surface area (Å²) in [4.78, 5) is 0. The molecule has 1 aromatic carbocycles. The van der Waals surface area contributed by atoms with Gasteiger partial charge in [-0.1, -0.05) is 0 Å². The normalized spacial score (nSPS) is 13.4. The third-order valence-corrected chi connectivity index (χ3v) is 1.98. The third-order valence-electron chi connectivity index (χ3n) is 1.98. The lowest BCUT2D eigenvalue weighted by Crippen LogP contribution is -2.04. The van der Waals surface area contributed by atoms with Crippen LogP contribution in [-0.2, 0) is 0 Å². The predicted octanol–water partition coefficient (Wildman–Crippen LogP) is 1.13. The summed E-state index contributed by atoms with van der Waals surface area (Å²) in [7, 11) is 0. The molecular formula is C9H11N3O. The van der Waals surface area contributed by atoms with Gasteiger partial charge >= 0.3 is 0 Å². The van der Waals surface area contributed by atoms with E-state index in [1.165, 1.54) is 4.68 Å². The van der Waals surface area contributed by atoms with Crippen molar-refractivity contribution in [1.82, 2.24) is 9.78 Å². The highest BCUT2D eigenvalue weighted by Gasteiger charge is 2.05. The van der Waals surface area contributed by atoms with Crippen molar-refractivity contribution in [3.05, 3.63) is 24.4 Å². The van der Waals surface area contributed by atoms with Gasteiger partial charge in [-0.25, -0.2) is 4.68 Å². The Hall–Kier alpha value is -1.55. The monoisotopic (exact) mass is 177 g/mol. The molecule has 0 aliphatic carbocycles. The number of nitrogen functional groups attached to an aromatic ring is 1. The van der Waals surface area contributed by atoms with Gasteiger partial charge in [-0.3, -0.25) is 0 Å². The number of nitrogens with zero attached hydrogens (tertiary/aromatic N) is 2. The lowest BCUT2D eigenvalue weighted by molar-refractivity contribution is 0.115. The van der Waals surface area contributed by atoms with Gasteiger partial charge in [-0.05, 0) is 25.1 Å². The molecule has 0 fully saturated rings. The second-order valence-electron chi connectivity index (χ2n) is 3.04. The quantitative estimate of drug-likeness (QED) is 0.642. The van der Waals surface area contributed by atoms with Crippen LogP contribution < -0.4 is 5.73 Å². The average molecular weight is 177 g/mol. The highest BCUT2D eigenvalue weighted by atomic mass is 16.3. The molecule has 1 unspecified atom stereocenters. The smallest absolute Gasteiger partial charge is 0.144 e. The van der Waals surface area contributed by atoms with E-state index in [9.17, 15) is 5.11 Å². The summed E-state index contributed by atoms with van der Waals surface area (Å²) in [5.74, 6) is 0. The molecule has 0 aliphatic rings. The predicted molar refractivity (Wildman–Crippen MR) is 51.1 cm³/mol. The van der Waals surface area contributed by atoms with Crippen LogP contribution in [-0.4, -0.2) is 14.9 Å². The molecule has 2 aromatic rings. The molecule has 68 valence electrons. The number of benzene rings is 1. The van der Waals surface area contributed by atoms with Crippen molar-refractivity contribution < 1.29 is 5.11 Å². The van der Waals surface area contributed by atoms with E-state index in [0.29, 0.717) is 5.69 Å². The number of aromatic nitrogens is 2. The minimum Gasteiger partial charge on any atom is -0.399 e. The summed E-state index contributed by atoms with van der Waals surface area (Å²) in [5.41, 5.74) is 7.16. The first kappa shape index (κ1) is 8.07. The highest BCUT2D eigenvalue weighted by Crippen LogP contribution is 2.18. The molecule has 1 aromatic heterocycles. The second-order valence-corrected chi connectivity index (χ2v) is 3.04. The Kier molecular flexibility index (Phi) is 1.70. The standard InChI is InChI=1S/C9H11N3O/c1-6(13)12-9-4-8(10)3-2-7(9)5-11-12/h2-6,13H,10H2,1H3. The van der Waals surface area contributed by atoms with Gasteiger partial charge in [0, 0.05) is 11.1 Å². The summed E-state index contributed by atoms with van der Waals surface area (Å²) in [5, 5.41) is 14.4. The van der Waals surface area contributed by atoms with Crippen molar-refractivity contribution in [2.24, 2.45) is 0 Å². The first-order valence-electron chi connectivity index (χ1n) is 4.09. The van der Waals surface area contributed by atoms with Crippen molar-refractivity contribution in [3.8, 4) is 0 Å². The zero-order valence-corrected chi connectivity index (χ0v) is 7.31. The number of anilines is 1. The van der Waals surface area contributed by atoms with Crippen LogP contribution in [0.25, 0.3) is 10.9 Å². The Morgan fingerprint density at radius 2 is 2.31 bits per heavy atom. The maximum Gasteiger partial charge on any atom is 0.144 e. The van der Waals surface area contributed by atoms with Crippen LogP contribution in [0, 0.1) is 0 Å². The fraction of sp³-hybridized carbons (Fsp3) is 0.222. The summed E-state index contributed by atoms with van der Waals surface area (Å²) < 4.78 is 1.53. The van der Waals surface area contributed by atoms with E-state index in [4.69, 9.17) is 5.73 Å². The molecule has 0 saturated carbocycles. The van der Waals surface area contributed by atoms with Crippen molar-refractivity contribution >= 4 is 16.6 Å². The Balaban J connectivity index is 2.71. The molecular weight excluding hydrogens is 166 g/mol. The van der Waals surface area contributed by atoms with Gasteiger partial charge in [-0.2, -0.15) is 5.10 Å². The van der Waals surface area contributed by atoms with E-state index in [1.54, 1.807) is 19.2 Å². The molecule has 0 amide bonds. The molecule has 13 heavy (non-hydrogen) atoms. The minimum atomic E-state index is -0.626. The number of rotatable bonds is 1. The molecule has 1 atom stereocenters. The average Bonchev–Trinajstić information content (AvgIpc) is 2.46. The lowest BCUT2D eigenvalue weighted by Gasteiger charge is -2.05. The molecule has 4 nitrogen and oxygen atoms in total. The van der Waals surface area contributed by atoms with Crippen molar-refractivity contribution in [1.29, 1.82) is 0 Å². The first-order valence-corrected chi connectivity index (χ1v) is 4.09. The fourth-order valence-electron chi connectivity index (χ4n) is 1.35. The number of hydrogen-bond donors (Lipinski definition) is 2. The van der Waals surface area contributed by atoms with Crippen LogP contribution in [0.2, 0.25) is 0 Å². The molecule has 0 radical (unpaired) electrons. The van der Waals surface area contributed by atoms with E-state index >= 15 is 0 Å². The number of nitrogens with two attached hydrogens (primary N) is 1. The van der Waals surface area contributed by atoms with Crippen LogP contribution >= 0.6 is 0 Å². The number of hydrogen-bond acceptors (Lipinski definition) is 3. The number of aliphatic hydroxyl groups excluding tert-OH is 1. The Morgan fingerprint density at radius 3 is 3.00 bits per heavy atom. The van der Waals surface area contributed by atoms with Gasteiger partial charge in [0.25, 0.3) is 0 Å². The maximum absolute atomic E-state index is 9.36. The summed E-state index contributed by atoms with van der Waals surface area (Å²) in [6.07, 6.45) is 1.08. The largest absolute Gasteiger partial charge is 0.399 e. The molecule has 4 heteroatoms. The van der Waals surface area contributed by atoms with Crippen LogP contribution in [0.15, 0.2) is 24.4 Å². The van der Waals surface area contributed by atoms with Gasteiger partial charge in [0.2, 0.25) is 0 Å².